The number of aromatic nitrogens is 2. The van der Waals surface area contributed by atoms with Crippen molar-refractivity contribution < 1.29 is 4.39 Å². The SMILES string of the molecule is N#Cc1c(N)nc(N)nc1-c1cc(F)c(Cl)c(Cl)c1. The number of nitrogen functional groups attached to an aromatic ring is 2. The molecule has 0 aliphatic rings. The lowest BCUT2D eigenvalue weighted by atomic mass is 10.1. The molecule has 5 nitrogen and oxygen atoms in total. The van der Waals surface area contributed by atoms with Gasteiger partial charge in [0.1, 0.15) is 23.3 Å². The van der Waals surface area contributed by atoms with Gasteiger partial charge in [-0.3, -0.25) is 0 Å². The number of nitrogens with zero attached hydrogens (tertiary/aromatic N) is 3. The molecule has 0 bridgehead atoms. The van der Waals surface area contributed by atoms with Crippen LogP contribution in [0.1, 0.15) is 5.56 Å². The molecule has 0 aliphatic heterocycles. The van der Waals surface area contributed by atoms with E-state index in [1.165, 1.54) is 6.07 Å². The van der Waals surface area contributed by atoms with Crippen molar-refractivity contribution in [2.75, 3.05) is 11.5 Å². The number of nitrogens with two attached hydrogens (primary N) is 2. The zero-order chi connectivity index (χ0) is 14.2. The third kappa shape index (κ3) is 2.38. The van der Waals surface area contributed by atoms with Crippen molar-refractivity contribution in [3.63, 3.8) is 0 Å². The number of nitriles is 1. The van der Waals surface area contributed by atoms with Gasteiger partial charge in [-0.15, -0.1) is 0 Å². The van der Waals surface area contributed by atoms with E-state index in [1.54, 1.807) is 0 Å². The average molecular weight is 298 g/mol. The van der Waals surface area contributed by atoms with Crippen LogP contribution in [0, 0.1) is 17.1 Å². The zero-order valence-corrected chi connectivity index (χ0v) is 10.8. The summed E-state index contributed by atoms with van der Waals surface area (Å²) < 4.78 is 13.6. The molecular weight excluding hydrogens is 292 g/mol. The van der Waals surface area contributed by atoms with Gasteiger partial charge in [-0.05, 0) is 12.1 Å². The molecule has 1 aromatic heterocycles. The van der Waals surface area contributed by atoms with E-state index >= 15 is 0 Å². The molecule has 1 heterocycles. The van der Waals surface area contributed by atoms with Gasteiger partial charge < -0.3 is 11.5 Å². The first-order chi connectivity index (χ1) is 8.93. The summed E-state index contributed by atoms with van der Waals surface area (Å²) in [6.45, 7) is 0. The fourth-order valence-corrected chi connectivity index (χ4v) is 1.82. The molecule has 0 unspecified atom stereocenters. The van der Waals surface area contributed by atoms with Gasteiger partial charge in [0.15, 0.2) is 0 Å². The van der Waals surface area contributed by atoms with E-state index in [-0.39, 0.29) is 38.6 Å². The Morgan fingerprint density at radius 1 is 1.21 bits per heavy atom. The number of rotatable bonds is 1. The van der Waals surface area contributed by atoms with Crippen molar-refractivity contribution in [2.24, 2.45) is 0 Å². The van der Waals surface area contributed by atoms with Crippen LogP contribution in [0.3, 0.4) is 0 Å². The molecule has 96 valence electrons. The number of anilines is 2. The smallest absolute Gasteiger partial charge is 0.222 e. The number of halogens is 3. The van der Waals surface area contributed by atoms with E-state index in [1.807, 2.05) is 6.07 Å². The standard InChI is InChI=1S/C11H6Cl2FN5/c12-6-1-4(2-7(14)8(6)13)9-5(3-15)10(16)19-11(17)18-9/h1-2H,(H4,16,17,18,19). The second-order valence-electron chi connectivity index (χ2n) is 3.56. The van der Waals surface area contributed by atoms with Crippen LogP contribution in [-0.2, 0) is 0 Å². The lowest BCUT2D eigenvalue weighted by Gasteiger charge is -2.08. The van der Waals surface area contributed by atoms with Crippen LogP contribution >= 0.6 is 23.2 Å². The number of hydrogen-bond donors (Lipinski definition) is 2. The molecular formula is C11H6Cl2FN5. The molecule has 0 radical (unpaired) electrons. The predicted octanol–water partition coefficient (Wildman–Crippen LogP) is 2.63. The summed E-state index contributed by atoms with van der Waals surface area (Å²) in [6.07, 6.45) is 0. The van der Waals surface area contributed by atoms with Crippen LogP contribution in [0.4, 0.5) is 16.2 Å². The summed E-state index contributed by atoms with van der Waals surface area (Å²) in [6, 6.07) is 4.30. The number of hydrogen-bond acceptors (Lipinski definition) is 5. The summed E-state index contributed by atoms with van der Waals surface area (Å²) >= 11 is 11.4. The van der Waals surface area contributed by atoms with E-state index in [9.17, 15) is 4.39 Å². The number of benzene rings is 1. The first-order valence-electron chi connectivity index (χ1n) is 4.92. The lowest BCUT2D eigenvalue weighted by Crippen LogP contribution is -2.05. The molecule has 1 aromatic carbocycles. The second kappa shape index (κ2) is 4.88. The monoisotopic (exact) mass is 297 g/mol. The highest BCUT2D eigenvalue weighted by atomic mass is 35.5. The van der Waals surface area contributed by atoms with Gasteiger partial charge in [-0.2, -0.15) is 10.2 Å². The largest absolute Gasteiger partial charge is 0.382 e. The van der Waals surface area contributed by atoms with E-state index < -0.39 is 5.82 Å². The van der Waals surface area contributed by atoms with Crippen molar-refractivity contribution in [2.45, 2.75) is 0 Å². The van der Waals surface area contributed by atoms with E-state index in [4.69, 9.17) is 39.9 Å². The van der Waals surface area contributed by atoms with Gasteiger partial charge in [0.2, 0.25) is 5.95 Å². The van der Waals surface area contributed by atoms with Gasteiger partial charge in [0.05, 0.1) is 15.7 Å². The third-order valence-electron chi connectivity index (χ3n) is 2.32. The first-order valence-corrected chi connectivity index (χ1v) is 5.67. The summed E-state index contributed by atoms with van der Waals surface area (Å²) in [5.41, 5.74) is 11.4. The fourth-order valence-electron chi connectivity index (χ4n) is 1.51. The first kappa shape index (κ1) is 13.3. The zero-order valence-electron chi connectivity index (χ0n) is 9.28. The van der Waals surface area contributed by atoms with Gasteiger partial charge in [-0.1, -0.05) is 23.2 Å². The highest BCUT2D eigenvalue weighted by Crippen LogP contribution is 2.32. The van der Waals surface area contributed by atoms with Crippen molar-refractivity contribution in [1.29, 1.82) is 5.26 Å². The fraction of sp³-hybridized carbons (Fsp3) is 0. The topological polar surface area (TPSA) is 102 Å². The Morgan fingerprint density at radius 3 is 2.47 bits per heavy atom. The molecule has 0 fully saturated rings. The van der Waals surface area contributed by atoms with E-state index in [2.05, 4.69) is 9.97 Å². The van der Waals surface area contributed by atoms with Crippen LogP contribution < -0.4 is 11.5 Å². The molecule has 0 amide bonds. The quantitative estimate of drug-likeness (QED) is 0.788. The molecule has 0 saturated heterocycles. The van der Waals surface area contributed by atoms with Gasteiger partial charge >= 0.3 is 0 Å². The second-order valence-corrected chi connectivity index (χ2v) is 4.34. The van der Waals surface area contributed by atoms with Crippen LogP contribution in [0.2, 0.25) is 10.0 Å². The van der Waals surface area contributed by atoms with Gasteiger partial charge in [0.25, 0.3) is 0 Å². The summed E-state index contributed by atoms with van der Waals surface area (Å²) in [5, 5.41) is 8.83. The molecule has 2 rings (SSSR count). The maximum absolute atomic E-state index is 13.6. The highest BCUT2D eigenvalue weighted by molar-refractivity contribution is 6.42. The normalized spacial score (nSPS) is 10.2. The Kier molecular flexibility index (Phi) is 3.42. The molecule has 4 N–H and O–H groups in total. The predicted molar refractivity (Wildman–Crippen MR) is 71.0 cm³/mol. The van der Waals surface area contributed by atoms with Crippen molar-refractivity contribution in [1.82, 2.24) is 9.97 Å². The van der Waals surface area contributed by atoms with Gasteiger partial charge in [-0.25, -0.2) is 9.37 Å². The average Bonchev–Trinajstić information content (AvgIpc) is 2.34. The molecule has 0 atom stereocenters. The maximum atomic E-state index is 13.6. The summed E-state index contributed by atoms with van der Waals surface area (Å²) in [7, 11) is 0. The Bertz CT molecular complexity index is 688. The van der Waals surface area contributed by atoms with Crippen LogP contribution in [0.5, 0.6) is 0 Å². The lowest BCUT2D eigenvalue weighted by molar-refractivity contribution is 0.629. The molecule has 0 aliphatic carbocycles. The van der Waals surface area contributed by atoms with Crippen LogP contribution in [-0.4, -0.2) is 9.97 Å². The van der Waals surface area contributed by atoms with Crippen molar-refractivity contribution >= 4 is 35.0 Å². The summed E-state index contributed by atoms with van der Waals surface area (Å²) in [5.74, 6) is -0.946. The maximum Gasteiger partial charge on any atom is 0.222 e. The van der Waals surface area contributed by atoms with Gasteiger partial charge in [0, 0.05) is 5.56 Å². The molecule has 8 heteroatoms. The molecule has 19 heavy (non-hydrogen) atoms. The minimum absolute atomic E-state index is 0.00342. The summed E-state index contributed by atoms with van der Waals surface area (Å²) in [4.78, 5) is 7.54. The minimum atomic E-state index is -0.733. The third-order valence-corrected chi connectivity index (χ3v) is 3.10. The Morgan fingerprint density at radius 2 is 1.89 bits per heavy atom. The van der Waals surface area contributed by atoms with E-state index in [0.717, 1.165) is 6.07 Å². The molecule has 2 aromatic rings. The van der Waals surface area contributed by atoms with Crippen LogP contribution in [0.15, 0.2) is 12.1 Å². The van der Waals surface area contributed by atoms with Crippen molar-refractivity contribution in [3.05, 3.63) is 33.6 Å². The Hall–Kier alpha value is -2.10. The minimum Gasteiger partial charge on any atom is -0.382 e. The Labute approximate surface area is 117 Å². The molecule has 0 spiro atoms. The highest BCUT2D eigenvalue weighted by Gasteiger charge is 2.16. The van der Waals surface area contributed by atoms with E-state index in [0.29, 0.717) is 0 Å². The molecule has 0 saturated carbocycles. The van der Waals surface area contributed by atoms with Crippen LogP contribution in [0.25, 0.3) is 11.3 Å². The Balaban J connectivity index is 2.76. The van der Waals surface area contributed by atoms with Crippen molar-refractivity contribution in [3.8, 4) is 17.3 Å².